The lowest BCUT2D eigenvalue weighted by molar-refractivity contribution is 0.340. The summed E-state index contributed by atoms with van der Waals surface area (Å²) in [6.45, 7) is 4.70. The average molecular weight is 292 g/mol. The van der Waals surface area contributed by atoms with Gasteiger partial charge < -0.3 is 10.1 Å². The van der Waals surface area contributed by atoms with Crippen molar-refractivity contribution < 1.29 is 4.74 Å². The molecule has 0 fully saturated rings. The lowest BCUT2D eigenvalue weighted by Crippen LogP contribution is -2.01. The molecule has 4 nitrogen and oxygen atoms in total. The zero-order chi connectivity index (χ0) is 14.4. The highest BCUT2D eigenvalue weighted by atomic mass is 35.5. The van der Waals surface area contributed by atoms with Gasteiger partial charge in [-0.15, -0.1) is 0 Å². The Balaban J connectivity index is 2.25. The molecule has 0 bridgehead atoms. The van der Waals surface area contributed by atoms with Gasteiger partial charge in [0.2, 0.25) is 0 Å². The first kappa shape index (κ1) is 14.6. The summed E-state index contributed by atoms with van der Waals surface area (Å²) in [6, 6.07) is 7.77. The standard InChI is InChI=1S/C15H18ClN3O/c1-3-6-13-14(16)17-10-18-15(13)19-11-7-5-8-12(9-11)20-4-2/h5,7-10H,3-4,6H2,1-2H3,(H,17,18,19). The van der Waals surface area contributed by atoms with Gasteiger partial charge in [0.25, 0.3) is 0 Å². The van der Waals surface area contributed by atoms with E-state index in [4.69, 9.17) is 16.3 Å². The maximum Gasteiger partial charge on any atom is 0.138 e. The largest absolute Gasteiger partial charge is 0.494 e. The Morgan fingerprint density at radius 2 is 2.10 bits per heavy atom. The van der Waals surface area contributed by atoms with Gasteiger partial charge in [0, 0.05) is 17.3 Å². The van der Waals surface area contributed by atoms with E-state index >= 15 is 0 Å². The number of hydrogen-bond acceptors (Lipinski definition) is 4. The summed E-state index contributed by atoms with van der Waals surface area (Å²) in [4.78, 5) is 8.32. The maximum atomic E-state index is 6.14. The number of ether oxygens (including phenoxy) is 1. The molecule has 0 aliphatic carbocycles. The van der Waals surface area contributed by atoms with Gasteiger partial charge in [-0.05, 0) is 25.5 Å². The van der Waals surface area contributed by atoms with Crippen LogP contribution in [-0.2, 0) is 6.42 Å². The number of hydrogen-bond donors (Lipinski definition) is 1. The second kappa shape index (κ2) is 7.10. The average Bonchev–Trinajstić information content (AvgIpc) is 2.44. The molecule has 0 amide bonds. The van der Waals surface area contributed by atoms with Gasteiger partial charge in [0.1, 0.15) is 23.0 Å². The molecule has 0 spiro atoms. The van der Waals surface area contributed by atoms with E-state index in [1.54, 1.807) is 0 Å². The van der Waals surface area contributed by atoms with Crippen LogP contribution in [0.1, 0.15) is 25.8 Å². The maximum absolute atomic E-state index is 6.14. The third kappa shape index (κ3) is 3.61. The molecule has 0 radical (unpaired) electrons. The summed E-state index contributed by atoms with van der Waals surface area (Å²) >= 11 is 6.14. The minimum absolute atomic E-state index is 0.505. The summed E-state index contributed by atoms with van der Waals surface area (Å²) in [7, 11) is 0. The zero-order valence-corrected chi connectivity index (χ0v) is 12.4. The van der Waals surface area contributed by atoms with Crippen molar-refractivity contribution in [3.8, 4) is 5.75 Å². The lowest BCUT2D eigenvalue weighted by Gasteiger charge is -2.12. The Labute approximate surface area is 124 Å². The lowest BCUT2D eigenvalue weighted by atomic mass is 10.2. The fraction of sp³-hybridized carbons (Fsp3) is 0.333. The molecule has 0 saturated heterocycles. The predicted molar refractivity (Wildman–Crippen MR) is 81.9 cm³/mol. The smallest absolute Gasteiger partial charge is 0.138 e. The molecule has 1 aromatic heterocycles. The summed E-state index contributed by atoms with van der Waals surface area (Å²) in [5, 5.41) is 3.79. The first-order chi connectivity index (χ1) is 9.74. The van der Waals surface area contributed by atoms with E-state index in [-0.39, 0.29) is 0 Å². The van der Waals surface area contributed by atoms with Crippen LogP contribution >= 0.6 is 11.6 Å². The molecule has 1 aromatic carbocycles. The summed E-state index contributed by atoms with van der Waals surface area (Å²) < 4.78 is 5.49. The van der Waals surface area contributed by atoms with Crippen molar-refractivity contribution in [2.75, 3.05) is 11.9 Å². The Kier molecular flexibility index (Phi) is 5.18. The molecule has 0 saturated carbocycles. The summed E-state index contributed by atoms with van der Waals surface area (Å²) in [5.41, 5.74) is 1.86. The fourth-order valence-electron chi connectivity index (χ4n) is 1.94. The molecule has 2 aromatic rings. The van der Waals surface area contributed by atoms with Crippen molar-refractivity contribution in [1.29, 1.82) is 0 Å². The first-order valence-corrected chi connectivity index (χ1v) is 7.11. The van der Waals surface area contributed by atoms with Crippen LogP contribution in [0.25, 0.3) is 0 Å². The number of aromatic nitrogens is 2. The van der Waals surface area contributed by atoms with Crippen LogP contribution in [0, 0.1) is 0 Å². The van der Waals surface area contributed by atoms with Gasteiger partial charge in [0.05, 0.1) is 6.61 Å². The number of nitrogens with zero attached hydrogens (tertiary/aromatic N) is 2. The van der Waals surface area contributed by atoms with Crippen molar-refractivity contribution in [3.63, 3.8) is 0 Å². The summed E-state index contributed by atoms with van der Waals surface area (Å²) in [6.07, 6.45) is 3.30. The van der Waals surface area contributed by atoms with Gasteiger partial charge in [-0.1, -0.05) is 31.0 Å². The molecule has 0 aliphatic rings. The number of rotatable bonds is 6. The minimum atomic E-state index is 0.505. The van der Waals surface area contributed by atoms with Crippen molar-refractivity contribution in [1.82, 2.24) is 9.97 Å². The van der Waals surface area contributed by atoms with E-state index in [0.717, 1.165) is 35.7 Å². The Morgan fingerprint density at radius 1 is 1.25 bits per heavy atom. The van der Waals surface area contributed by atoms with E-state index in [1.807, 2.05) is 31.2 Å². The molecule has 5 heteroatoms. The number of nitrogens with one attached hydrogen (secondary N) is 1. The van der Waals surface area contributed by atoms with Crippen LogP contribution in [0.15, 0.2) is 30.6 Å². The Bertz CT molecular complexity index is 575. The minimum Gasteiger partial charge on any atom is -0.494 e. The van der Waals surface area contributed by atoms with Gasteiger partial charge in [-0.25, -0.2) is 9.97 Å². The molecular weight excluding hydrogens is 274 g/mol. The molecule has 106 valence electrons. The number of benzene rings is 1. The van der Waals surface area contributed by atoms with Gasteiger partial charge in [0.15, 0.2) is 0 Å². The van der Waals surface area contributed by atoms with Gasteiger partial charge in [-0.3, -0.25) is 0 Å². The van der Waals surface area contributed by atoms with Crippen molar-refractivity contribution in [2.24, 2.45) is 0 Å². The molecule has 0 atom stereocenters. The van der Waals surface area contributed by atoms with Crippen molar-refractivity contribution in [3.05, 3.63) is 41.3 Å². The van der Waals surface area contributed by atoms with Crippen LogP contribution in [-0.4, -0.2) is 16.6 Å². The van der Waals surface area contributed by atoms with Crippen LogP contribution in [0.2, 0.25) is 5.15 Å². The quantitative estimate of drug-likeness (QED) is 0.809. The van der Waals surface area contributed by atoms with E-state index < -0.39 is 0 Å². The Morgan fingerprint density at radius 3 is 2.85 bits per heavy atom. The molecule has 20 heavy (non-hydrogen) atoms. The second-order valence-corrected chi connectivity index (χ2v) is 4.69. The number of halogens is 1. The van der Waals surface area contributed by atoms with Crippen molar-refractivity contribution in [2.45, 2.75) is 26.7 Å². The molecule has 0 aliphatic heterocycles. The third-order valence-corrected chi connectivity index (χ3v) is 3.13. The molecule has 0 unspecified atom stereocenters. The van der Waals surface area contributed by atoms with Crippen LogP contribution in [0.4, 0.5) is 11.5 Å². The van der Waals surface area contributed by atoms with Crippen LogP contribution < -0.4 is 10.1 Å². The second-order valence-electron chi connectivity index (χ2n) is 4.33. The zero-order valence-electron chi connectivity index (χ0n) is 11.7. The highest BCUT2D eigenvalue weighted by Crippen LogP contribution is 2.26. The van der Waals surface area contributed by atoms with E-state index in [0.29, 0.717) is 11.8 Å². The molecular formula is C15H18ClN3O. The predicted octanol–water partition coefficient (Wildman–Crippen LogP) is 4.22. The molecule has 1 N–H and O–H groups in total. The fourth-order valence-corrected chi connectivity index (χ4v) is 2.16. The Hall–Kier alpha value is -1.81. The van der Waals surface area contributed by atoms with E-state index in [2.05, 4.69) is 22.2 Å². The SMILES string of the molecule is CCCc1c(Cl)ncnc1Nc1cccc(OCC)c1. The van der Waals surface area contributed by atoms with Crippen molar-refractivity contribution >= 4 is 23.1 Å². The first-order valence-electron chi connectivity index (χ1n) is 6.73. The number of anilines is 2. The van der Waals surface area contributed by atoms with E-state index in [9.17, 15) is 0 Å². The normalized spacial score (nSPS) is 10.3. The van der Waals surface area contributed by atoms with E-state index in [1.165, 1.54) is 6.33 Å². The van der Waals surface area contributed by atoms with Crippen LogP contribution in [0.3, 0.4) is 0 Å². The van der Waals surface area contributed by atoms with Crippen LogP contribution in [0.5, 0.6) is 5.75 Å². The highest BCUT2D eigenvalue weighted by molar-refractivity contribution is 6.30. The molecule has 1 heterocycles. The summed E-state index contributed by atoms with van der Waals surface area (Å²) in [5.74, 6) is 1.58. The highest BCUT2D eigenvalue weighted by Gasteiger charge is 2.09. The monoisotopic (exact) mass is 291 g/mol. The van der Waals surface area contributed by atoms with Gasteiger partial charge in [-0.2, -0.15) is 0 Å². The van der Waals surface area contributed by atoms with Gasteiger partial charge >= 0.3 is 0 Å². The topological polar surface area (TPSA) is 47.0 Å². The molecule has 2 rings (SSSR count). The third-order valence-electron chi connectivity index (χ3n) is 2.80.